The summed E-state index contributed by atoms with van der Waals surface area (Å²) in [5.41, 5.74) is 1.02. The number of aromatic nitrogens is 2. The molecule has 0 aliphatic heterocycles. The van der Waals surface area contributed by atoms with Crippen molar-refractivity contribution in [1.82, 2.24) is 9.55 Å². The quantitative estimate of drug-likeness (QED) is 0.621. The van der Waals surface area contributed by atoms with Crippen LogP contribution in [0.2, 0.25) is 0 Å². The maximum absolute atomic E-state index is 12.6. The molecule has 0 amide bonds. The first-order valence-electron chi connectivity index (χ1n) is 7.65. The van der Waals surface area contributed by atoms with Crippen LogP contribution in [0, 0.1) is 13.8 Å². The molecule has 0 spiro atoms. The van der Waals surface area contributed by atoms with Crippen LogP contribution in [0.5, 0.6) is 0 Å². The van der Waals surface area contributed by atoms with Gasteiger partial charge in [0, 0.05) is 18.3 Å². The van der Waals surface area contributed by atoms with Crippen LogP contribution in [0.3, 0.4) is 0 Å². The predicted molar refractivity (Wildman–Crippen MR) is 92.1 cm³/mol. The lowest BCUT2D eigenvalue weighted by Gasteiger charge is -2.14. The van der Waals surface area contributed by atoms with Gasteiger partial charge in [0.2, 0.25) is 0 Å². The fourth-order valence-corrected chi connectivity index (χ4v) is 5.09. The zero-order chi connectivity index (χ0) is 15.9. The number of fused-ring (bicyclic) bond motifs is 1. The zero-order valence-corrected chi connectivity index (χ0v) is 14.8. The molecule has 1 aliphatic rings. The Morgan fingerprint density at radius 2 is 2.00 bits per heavy atom. The fourth-order valence-electron chi connectivity index (χ4n) is 2.84. The Kier molecular flexibility index (Phi) is 4.41. The Morgan fingerprint density at radius 1 is 1.23 bits per heavy atom. The van der Waals surface area contributed by atoms with Gasteiger partial charge in [0.15, 0.2) is 5.16 Å². The van der Waals surface area contributed by atoms with Gasteiger partial charge in [-0.3, -0.25) is 14.2 Å². The van der Waals surface area contributed by atoms with Crippen LogP contribution in [-0.2, 0) is 11.8 Å². The van der Waals surface area contributed by atoms with Gasteiger partial charge in [0.1, 0.15) is 10.6 Å². The highest BCUT2D eigenvalue weighted by molar-refractivity contribution is 8.00. The third-order valence-electron chi connectivity index (χ3n) is 4.37. The number of hydrogen-bond donors (Lipinski definition) is 0. The summed E-state index contributed by atoms with van der Waals surface area (Å²) < 4.78 is 1.60. The van der Waals surface area contributed by atoms with Crippen LogP contribution in [0.1, 0.15) is 42.5 Å². The molecule has 0 bridgehead atoms. The fraction of sp³-hybridized carbons (Fsp3) is 0.562. The Hall–Kier alpha value is -1.14. The Bertz CT molecular complexity index is 792. The van der Waals surface area contributed by atoms with E-state index in [1.807, 2.05) is 13.8 Å². The minimum Gasteiger partial charge on any atom is -0.298 e. The number of rotatable bonds is 2. The summed E-state index contributed by atoms with van der Waals surface area (Å²) in [6, 6.07) is 0. The topological polar surface area (TPSA) is 52.0 Å². The van der Waals surface area contributed by atoms with Crippen LogP contribution >= 0.6 is 23.1 Å². The molecule has 1 unspecified atom stereocenters. The molecule has 2 aromatic rings. The molecule has 1 saturated carbocycles. The molecule has 4 nitrogen and oxygen atoms in total. The van der Waals surface area contributed by atoms with Crippen molar-refractivity contribution in [1.29, 1.82) is 0 Å². The van der Waals surface area contributed by atoms with Crippen molar-refractivity contribution in [3.05, 3.63) is 20.8 Å². The standard InChI is InChI=1S/C16H20N2O2S2/c1-9-10(2)21-14-13(9)15(20)18(3)16(17-14)22-12-8-6-4-5-7-11(12)19/h12H,4-8H2,1-3H3. The van der Waals surface area contributed by atoms with Crippen LogP contribution in [-0.4, -0.2) is 20.6 Å². The second-order valence-corrected chi connectivity index (χ2v) is 8.27. The van der Waals surface area contributed by atoms with Crippen LogP contribution < -0.4 is 5.56 Å². The summed E-state index contributed by atoms with van der Waals surface area (Å²) in [5, 5.41) is 1.33. The predicted octanol–water partition coefficient (Wildman–Crippen LogP) is 3.61. The molecule has 2 heterocycles. The van der Waals surface area contributed by atoms with E-state index in [0.717, 1.165) is 46.3 Å². The first-order valence-corrected chi connectivity index (χ1v) is 9.34. The lowest BCUT2D eigenvalue weighted by Crippen LogP contribution is -2.22. The minimum absolute atomic E-state index is 0.00424. The average Bonchev–Trinajstić information content (AvgIpc) is 2.64. The van der Waals surface area contributed by atoms with E-state index in [-0.39, 0.29) is 10.8 Å². The van der Waals surface area contributed by atoms with Crippen molar-refractivity contribution in [2.75, 3.05) is 0 Å². The summed E-state index contributed by atoms with van der Waals surface area (Å²) >= 11 is 3.03. The summed E-state index contributed by atoms with van der Waals surface area (Å²) in [6.07, 6.45) is 4.74. The molecule has 0 saturated heterocycles. The van der Waals surface area contributed by atoms with Crippen molar-refractivity contribution < 1.29 is 4.79 Å². The lowest BCUT2D eigenvalue weighted by molar-refractivity contribution is -0.118. The Labute approximate surface area is 137 Å². The lowest BCUT2D eigenvalue weighted by atomic mass is 10.2. The summed E-state index contributed by atoms with van der Waals surface area (Å²) in [4.78, 5) is 31.4. The SMILES string of the molecule is Cc1sc2nc(SC3CCCCCC3=O)n(C)c(=O)c2c1C. The molecule has 2 aromatic heterocycles. The van der Waals surface area contributed by atoms with Crippen molar-refractivity contribution in [2.24, 2.45) is 7.05 Å². The van der Waals surface area contributed by atoms with Gasteiger partial charge in [0.05, 0.1) is 10.6 Å². The maximum Gasteiger partial charge on any atom is 0.262 e. The van der Waals surface area contributed by atoms with Gasteiger partial charge in [-0.25, -0.2) is 4.98 Å². The number of nitrogens with zero attached hydrogens (tertiary/aromatic N) is 2. The summed E-state index contributed by atoms with van der Waals surface area (Å²) in [7, 11) is 1.75. The number of thiophene rings is 1. The molecular formula is C16H20N2O2S2. The van der Waals surface area contributed by atoms with E-state index in [4.69, 9.17) is 0 Å². The van der Waals surface area contributed by atoms with Crippen LogP contribution in [0.15, 0.2) is 9.95 Å². The van der Waals surface area contributed by atoms with E-state index in [1.165, 1.54) is 11.8 Å². The van der Waals surface area contributed by atoms with Gasteiger partial charge in [-0.1, -0.05) is 24.6 Å². The highest BCUT2D eigenvalue weighted by atomic mass is 32.2. The van der Waals surface area contributed by atoms with Gasteiger partial charge in [-0.05, 0) is 32.3 Å². The molecular weight excluding hydrogens is 316 g/mol. The Morgan fingerprint density at radius 3 is 2.77 bits per heavy atom. The number of aryl methyl sites for hydroxylation is 2. The smallest absolute Gasteiger partial charge is 0.262 e. The maximum atomic E-state index is 12.6. The van der Waals surface area contributed by atoms with Gasteiger partial charge in [0.25, 0.3) is 5.56 Å². The van der Waals surface area contributed by atoms with Gasteiger partial charge in [-0.2, -0.15) is 0 Å². The monoisotopic (exact) mass is 336 g/mol. The Balaban J connectivity index is 2.02. The number of ketones is 1. The average molecular weight is 336 g/mol. The number of thioether (sulfide) groups is 1. The molecule has 1 aliphatic carbocycles. The van der Waals surface area contributed by atoms with E-state index in [9.17, 15) is 9.59 Å². The third kappa shape index (κ3) is 2.74. The molecule has 0 radical (unpaired) electrons. The summed E-state index contributed by atoms with van der Waals surface area (Å²) in [6.45, 7) is 3.99. The van der Waals surface area contributed by atoms with E-state index >= 15 is 0 Å². The highest BCUT2D eigenvalue weighted by Crippen LogP contribution is 2.32. The van der Waals surface area contributed by atoms with Gasteiger partial charge in [-0.15, -0.1) is 11.3 Å². The van der Waals surface area contributed by atoms with Crippen molar-refractivity contribution in [3.8, 4) is 0 Å². The number of Topliss-reactive ketones (excluding diaryl/α,β-unsaturated/α-hetero) is 1. The van der Waals surface area contributed by atoms with E-state index in [2.05, 4.69) is 4.98 Å². The largest absolute Gasteiger partial charge is 0.298 e. The van der Waals surface area contributed by atoms with E-state index in [0.29, 0.717) is 17.4 Å². The minimum atomic E-state index is -0.0554. The third-order valence-corrected chi connectivity index (χ3v) is 6.83. The molecule has 1 fully saturated rings. The molecule has 22 heavy (non-hydrogen) atoms. The molecule has 3 rings (SSSR count). The first kappa shape index (κ1) is 15.7. The van der Waals surface area contributed by atoms with Gasteiger partial charge < -0.3 is 0 Å². The number of hydrogen-bond acceptors (Lipinski definition) is 5. The highest BCUT2D eigenvalue weighted by Gasteiger charge is 2.24. The van der Waals surface area contributed by atoms with Crippen molar-refractivity contribution in [3.63, 3.8) is 0 Å². The zero-order valence-electron chi connectivity index (χ0n) is 13.1. The van der Waals surface area contributed by atoms with E-state index < -0.39 is 0 Å². The molecule has 0 aromatic carbocycles. The normalized spacial score (nSPS) is 19.6. The molecule has 1 atom stereocenters. The number of carbonyl (C=O) groups excluding carboxylic acids is 1. The molecule has 6 heteroatoms. The number of carbonyl (C=O) groups is 1. The summed E-state index contributed by atoms with van der Waals surface area (Å²) in [5.74, 6) is 0.301. The van der Waals surface area contributed by atoms with Crippen LogP contribution in [0.4, 0.5) is 0 Å². The van der Waals surface area contributed by atoms with Crippen molar-refractivity contribution in [2.45, 2.75) is 56.4 Å². The second kappa shape index (κ2) is 6.16. The van der Waals surface area contributed by atoms with Gasteiger partial charge >= 0.3 is 0 Å². The van der Waals surface area contributed by atoms with Crippen LogP contribution in [0.25, 0.3) is 10.2 Å². The molecule has 118 valence electrons. The first-order chi connectivity index (χ1) is 10.5. The molecule has 0 N–H and O–H groups in total. The second-order valence-electron chi connectivity index (χ2n) is 5.89. The van der Waals surface area contributed by atoms with Crippen molar-refractivity contribution >= 4 is 39.1 Å². The van der Waals surface area contributed by atoms with E-state index in [1.54, 1.807) is 23.0 Å².